The molecule has 0 aromatic heterocycles. The molecule has 2 fully saturated rings. The minimum absolute atomic E-state index is 0.360. The van der Waals surface area contributed by atoms with E-state index in [2.05, 4.69) is 6.92 Å². The van der Waals surface area contributed by atoms with Gasteiger partial charge in [-0.1, -0.05) is 18.9 Å². The number of rotatable bonds is 0. The predicted molar refractivity (Wildman–Crippen MR) is 76.8 cm³/mol. The Hall–Kier alpha value is -0.850. The second-order valence-corrected chi connectivity index (χ2v) is 7.44. The van der Waals surface area contributed by atoms with E-state index in [-0.39, 0.29) is 0 Å². The molecule has 0 aliphatic heterocycles. The van der Waals surface area contributed by atoms with E-state index in [1.165, 1.54) is 50.5 Å². The fraction of sp³-hybridized carbons (Fsp3) is 0.722. The largest absolute Gasteiger partial charge is 0.295 e. The fourth-order valence-electron chi connectivity index (χ4n) is 5.52. The maximum atomic E-state index is 11.6. The highest BCUT2D eigenvalue weighted by Gasteiger charge is 2.48. The summed E-state index contributed by atoms with van der Waals surface area (Å²) < 4.78 is 0. The van der Waals surface area contributed by atoms with Crippen molar-refractivity contribution in [3.05, 3.63) is 22.8 Å². The third-order valence-electron chi connectivity index (χ3n) is 6.51. The lowest BCUT2D eigenvalue weighted by molar-refractivity contribution is -0.114. The van der Waals surface area contributed by atoms with Gasteiger partial charge in [-0.2, -0.15) is 0 Å². The Morgan fingerprint density at radius 1 is 1.11 bits per heavy atom. The van der Waals surface area contributed by atoms with E-state index in [1.807, 2.05) is 6.08 Å². The predicted octanol–water partition coefficient (Wildman–Crippen LogP) is 4.58. The molecule has 0 saturated heterocycles. The van der Waals surface area contributed by atoms with Crippen LogP contribution in [0.1, 0.15) is 64.7 Å². The summed E-state index contributed by atoms with van der Waals surface area (Å²) >= 11 is 0. The summed E-state index contributed by atoms with van der Waals surface area (Å²) in [5, 5.41) is 0. The maximum absolute atomic E-state index is 11.6. The number of hydrogen-bond acceptors (Lipinski definition) is 1. The van der Waals surface area contributed by atoms with Crippen molar-refractivity contribution in [3.8, 4) is 0 Å². The van der Waals surface area contributed by atoms with Crippen LogP contribution in [-0.2, 0) is 4.79 Å². The summed E-state index contributed by atoms with van der Waals surface area (Å²) in [6.45, 7) is 2.54. The lowest BCUT2D eigenvalue weighted by Crippen LogP contribution is -2.36. The van der Waals surface area contributed by atoms with Crippen molar-refractivity contribution in [2.24, 2.45) is 17.3 Å². The molecule has 19 heavy (non-hydrogen) atoms. The standard InChI is InChI=1S/C18H24O/c1-18-9-2-3-17(18)16-6-4-12-11-13(19)5-7-14(12)15(16)8-10-18/h11,16-17H,2-10H2,1H3/t16-,17+,18+/m1/s1. The number of ketones is 1. The van der Waals surface area contributed by atoms with Gasteiger partial charge >= 0.3 is 0 Å². The Bertz CT molecular complexity index is 496. The van der Waals surface area contributed by atoms with Crippen molar-refractivity contribution in [1.82, 2.24) is 0 Å². The van der Waals surface area contributed by atoms with Crippen LogP contribution >= 0.6 is 0 Å². The van der Waals surface area contributed by atoms with Gasteiger partial charge in [0.1, 0.15) is 0 Å². The van der Waals surface area contributed by atoms with E-state index in [0.717, 1.165) is 24.7 Å². The SMILES string of the molecule is C[C@@]12CCC[C@H]1[C@@H]1CCC3=CC(=O)CCC3=C1CC2. The zero-order chi connectivity index (χ0) is 13.0. The first-order valence-electron chi connectivity index (χ1n) is 8.13. The number of carbonyl (C=O) groups excluding carboxylic acids is 1. The molecule has 0 aromatic rings. The van der Waals surface area contributed by atoms with Gasteiger partial charge < -0.3 is 0 Å². The summed E-state index contributed by atoms with van der Waals surface area (Å²) in [4.78, 5) is 11.6. The molecule has 0 amide bonds. The average Bonchev–Trinajstić information content (AvgIpc) is 2.79. The van der Waals surface area contributed by atoms with Crippen LogP contribution in [0.4, 0.5) is 0 Å². The topological polar surface area (TPSA) is 17.1 Å². The first-order valence-corrected chi connectivity index (χ1v) is 8.13. The maximum Gasteiger partial charge on any atom is 0.156 e. The Morgan fingerprint density at radius 3 is 2.89 bits per heavy atom. The Kier molecular flexibility index (Phi) is 2.56. The average molecular weight is 256 g/mol. The van der Waals surface area contributed by atoms with Crippen LogP contribution in [-0.4, -0.2) is 5.78 Å². The fourth-order valence-corrected chi connectivity index (χ4v) is 5.52. The third kappa shape index (κ3) is 1.70. The molecule has 0 radical (unpaired) electrons. The van der Waals surface area contributed by atoms with Gasteiger partial charge in [-0.15, -0.1) is 0 Å². The molecule has 1 nitrogen and oxygen atoms in total. The summed E-state index contributed by atoms with van der Waals surface area (Å²) in [7, 11) is 0. The van der Waals surface area contributed by atoms with Gasteiger partial charge in [0, 0.05) is 6.42 Å². The third-order valence-corrected chi connectivity index (χ3v) is 6.51. The van der Waals surface area contributed by atoms with Gasteiger partial charge in [0.2, 0.25) is 0 Å². The van der Waals surface area contributed by atoms with Crippen molar-refractivity contribution >= 4 is 5.78 Å². The normalized spacial score (nSPS) is 41.5. The van der Waals surface area contributed by atoms with E-state index in [1.54, 1.807) is 11.1 Å². The second kappa shape index (κ2) is 4.07. The Morgan fingerprint density at radius 2 is 2.00 bits per heavy atom. The number of allylic oxidation sites excluding steroid dienone is 4. The van der Waals surface area contributed by atoms with Crippen LogP contribution in [0, 0.1) is 17.3 Å². The molecule has 0 spiro atoms. The molecule has 0 unspecified atom stereocenters. The highest BCUT2D eigenvalue weighted by Crippen LogP contribution is 2.59. The molecule has 102 valence electrons. The molecule has 4 rings (SSSR count). The van der Waals surface area contributed by atoms with Gasteiger partial charge in [0.15, 0.2) is 5.78 Å². The summed E-state index contributed by atoms with van der Waals surface area (Å²) in [6, 6.07) is 0. The van der Waals surface area contributed by atoms with Crippen LogP contribution < -0.4 is 0 Å². The molecule has 4 aliphatic rings. The molecule has 1 heteroatoms. The van der Waals surface area contributed by atoms with Crippen molar-refractivity contribution in [2.75, 3.05) is 0 Å². The molecular weight excluding hydrogens is 232 g/mol. The van der Waals surface area contributed by atoms with Crippen molar-refractivity contribution < 1.29 is 4.79 Å². The van der Waals surface area contributed by atoms with Crippen molar-refractivity contribution in [2.45, 2.75) is 64.7 Å². The molecule has 0 N–H and O–H groups in total. The highest BCUT2D eigenvalue weighted by molar-refractivity contribution is 5.93. The lowest BCUT2D eigenvalue weighted by atomic mass is 9.58. The number of hydrogen-bond donors (Lipinski definition) is 0. The second-order valence-electron chi connectivity index (χ2n) is 7.44. The van der Waals surface area contributed by atoms with Gasteiger partial charge in [-0.25, -0.2) is 0 Å². The summed E-state index contributed by atoms with van der Waals surface area (Å²) in [6.07, 6.45) is 13.3. The number of carbonyl (C=O) groups is 1. The number of fused-ring (bicyclic) bond motifs is 4. The highest BCUT2D eigenvalue weighted by atomic mass is 16.1. The van der Waals surface area contributed by atoms with Crippen LogP contribution in [0.5, 0.6) is 0 Å². The molecule has 3 atom stereocenters. The minimum atomic E-state index is 0.360. The van der Waals surface area contributed by atoms with Crippen LogP contribution in [0.2, 0.25) is 0 Å². The molecule has 0 bridgehead atoms. The van der Waals surface area contributed by atoms with E-state index >= 15 is 0 Å². The van der Waals surface area contributed by atoms with E-state index in [9.17, 15) is 4.79 Å². The molecular formula is C18H24O. The molecule has 4 aliphatic carbocycles. The van der Waals surface area contributed by atoms with Crippen molar-refractivity contribution in [1.29, 1.82) is 0 Å². The zero-order valence-corrected chi connectivity index (χ0v) is 12.0. The quantitative estimate of drug-likeness (QED) is 0.620. The van der Waals surface area contributed by atoms with E-state index in [0.29, 0.717) is 11.2 Å². The van der Waals surface area contributed by atoms with E-state index in [4.69, 9.17) is 0 Å². The smallest absolute Gasteiger partial charge is 0.156 e. The minimum Gasteiger partial charge on any atom is -0.295 e. The van der Waals surface area contributed by atoms with Gasteiger partial charge in [-0.05, 0) is 79.4 Å². The Labute approximate surface area is 116 Å². The first-order chi connectivity index (χ1) is 9.17. The van der Waals surface area contributed by atoms with Crippen LogP contribution in [0.3, 0.4) is 0 Å². The van der Waals surface area contributed by atoms with Gasteiger partial charge in [-0.3, -0.25) is 4.79 Å². The van der Waals surface area contributed by atoms with Crippen LogP contribution in [0.25, 0.3) is 0 Å². The summed E-state index contributed by atoms with van der Waals surface area (Å²) in [5.41, 5.74) is 5.43. The van der Waals surface area contributed by atoms with Gasteiger partial charge in [0.05, 0.1) is 0 Å². The Balaban J connectivity index is 1.75. The molecule has 0 aromatic carbocycles. The molecule has 2 saturated carbocycles. The first kappa shape index (κ1) is 11.9. The lowest BCUT2D eigenvalue weighted by Gasteiger charge is -2.47. The van der Waals surface area contributed by atoms with E-state index < -0.39 is 0 Å². The zero-order valence-electron chi connectivity index (χ0n) is 12.0. The van der Waals surface area contributed by atoms with Gasteiger partial charge in [0.25, 0.3) is 0 Å². The monoisotopic (exact) mass is 256 g/mol. The summed E-state index contributed by atoms with van der Waals surface area (Å²) in [5.74, 6) is 2.17. The van der Waals surface area contributed by atoms with Crippen LogP contribution in [0.15, 0.2) is 22.8 Å². The molecule has 0 heterocycles. The van der Waals surface area contributed by atoms with Crippen molar-refractivity contribution in [3.63, 3.8) is 0 Å².